The van der Waals surface area contributed by atoms with Gasteiger partial charge in [-0.1, -0.05) is 11.6 Å². The molecular weight excluding hydrogens is 332 g/mol. The van der Waals surface area contributed by atoms with E-state index >= 15 is 0 Å². The van der Waals surface area contributed by atoms with Gasteiger partial charge in [0.05, 0.1) is 23.4 Å². The van der Waals surface area contributed by atoms with Crippen LogP contribution < -0.4 is 10.1 Å². The van der Waals surface area contributed by atoms with Crippen LogP contribution >= 0.6 is 11.6 Å². The van der Waals surface area contributed by atoms with Gasteiger partial charge in [0, 0.05) is 25.2 Å². The Bertz CT molecular complexity index is 721. The fraction of sp³-hybridized carbons (Fsp3) is 0.467. The van der Waals surface area contributed by atoms with Gasteiger partial charge in [-0.3, -0.25) is 4.79 Å². The van der Waals surface area contributed by atoms with E-state index in [2.05, 4.69) is 20.8 Å². The number of benzene rings is 1. The number of hydrogen-bond donors (Lipinski definition) is 1. The number of nitrogens with one attached hydrogen (secondary N) is 1. The van der Waals surface area contributed by atoms with Gasteiger partial charge in [0.25, 0.3) is 5.91 Å². The molecule has 1 N–H and O–H groups in total. The lowest BCUT2D eigenvalue weighted by Gasteiger charge is -2.33. The molecule has 1 aromatic heterocycles. The quantitative estimate of drug-likeness (QED) is 0.890. The van der Waals surface area contributed by atoms with E-state index in [4.69, 9.17) is 16.3 Å². The molecule has 9 heteroatoms. The number of likely N-dealkylation sites (N-methyl/N-ethyl adjacent to an activating group) is 1. The number of piperidine rings is 1. The van der Waals surface area contributed by atoms with Crippen molar-refractivity contribution >= 4 is 17.5 Å². The second kappa shape index (κ2) is 7.14. The first kappa shape index (κ1) is 16.7. The number of amides is 1. The van der Waals surface area contributed by atoms with Crippen LogP contribution in [0.4, 0.5) is 0 Å². The second-order valence-electron chi connectivity index (χ2n) is 5.64. The number of ether oxygens (including phenoxy) is 1. The molecule has 1 saturated heterocycles. The highest BCUT2D eigenvalue weighted by Gasteiger charge is 2.26. The molecule has 1 atom stereocenters. The Balaban J connectivity index is 1.92. The molecule has 3 rings (SSSR count). The van der Waals surface area contributed by atoms with Crippen LogP contribution in [0.25, 0.3) is 5.69 Å². The topological polar surface area (TPSA) is 85.2 Å². The number of hydrogen-bond acceptors (Lipinski definition) is 6. The predicted molar refractivity (Wildman–Crippen MR) is 88.7 cm³/mol. The minimum absolute atomic E-state index is 0.0861. The number of aromatic nitrogens is 4. The van der Waals surface area contributed by atoms with E-state index < -0.39 is 0 Å². The molecule has 1 aliphatic heterocycles. The highest BCUT2D eigenvalue weighted by molar-refractivity contribution is 6.33. The van der Waals surface area contributed by atoms with Crippen LogP contribution in [0, 0.1) is 0 Å². The average Bonchev–Trinajstić information content (AvgIpc) is 3.15. The first-order valence-corrected chi connectivity index (χ1v) is 8.09. The average molecular weight is 351 g/mol. The van der Waals surface area contributed by atoms with Crippen molar-refractivity contribution in [1.29, 1.82) is 0 Å². The third kappa shape index (κ3) is 3.20. The zero-order chi connectivity index (χ0) is 17.1. The summed E-state index contributed by atoms with van der Waals surface area (Å²) in [6, 6.07) is 3.60. The number of rotatable bonds is 4. The molecule has 0 aliphatic carbocycles. The maximum atomic E-state index is 12.9. The monoisotopic (exact) mass is 350 g/mol. The van der Waals surface area contributed by atoms with Gasteiger partial charge < -0.3 is 15.0 Å². The van der Waals surface area contributed by atoms with Crippen LogP contribution in [0.3, 0.4) is 0 Å². The molecule has 1 fully saturated rings. The lowest BCUT2D eigenvalue weighted by molar-refractivity contribution is 0.0695. The number of carbonyl (C=O) groups is 1. The molecule has 0 spiro atoms. The summed E-state index contributed by atoms with van der Waals surface area (Å²) < 4.78 is 6.83. The Kier molecular flexibility index (Phi) is 4.96. The number of tetrazole rings is 1. The zero-order valence-electron chi connectivity index (χ0n) is 13.6. The maximum Gasteiger partial charge on any atom is 0.257 e. The minimum Gasteiger partial charge on any atom is -0.496 e. The number of carbonyl (C=O) groups excluding carboxylic acids is 1. The summed E-state index contributed by atoms with van der Waals surface area (Å²) in [4.78, 5) is 14.7. The van der Waals surface area contributed by atoms with Gasteiger partial charge in [0.2, 0.25) is 0 Å². The molecule has 0 radical (unpaired) electrons. The van der Waals surface area contributed by atoms with Crippen molar-refractivity contribution in [1.82, 2.24) is 30.4 Å². The third-order valence-corrected chi connectivity index (χ3v) is 4.51. The number of halogens is 1. The number of methoxy groups -OCH3 is 1. The van der Waals surface area contributed by atoms with E-state index in [1.165, 1.54) is 18.1 Å². The highest BCUT2D eigenvalue weighted by atomic mass is 35.5. The summed E-state index contributed by atoms with van der Waals surface area (Å²) in [5.74, 6) is 0.360. The lowest BCUT2D eigenvalue weighted by atomic mass is 10.0. The Labute approximate surface area is 144 Å². The fourth-order valence-corrected chi connectivity index (χ4v) is 3.14. The van der Waals surface area contributed by atoms with Crippen LogP contribution in [-0.2, 0) is 0 Å². The summed E-state index contributed by atoms with van der Waals surface area (Å²) in [6.07, 6.45) is 3.47. The van der Waals surface area contributed by atoms with Crippen molar-refractivity contribution in [2.45, 2.75) is 18.9 Å². The van der Waals surface area contributed by atoms with Gasteiger partial charge in [-0.05, 0) is 36.4 Å². The van der Waals surface area contributed by atoms with E-state index in [1.54, 1.807) is 12.1 Å². The molecule has 0 bridgehead atoms. The molecule has 1 amide bonds. The van der Waals surface area contributed by atoms with Gasteiger partial charge in [0.15, 0.2) is 0 Å². The van der Waals surface area contributed by atoms with Gasteiger partial charge in [-0.2, -0.15) is 4.68 Å². The second-order valence-corrected chi connectivity index (χ2v) is 6.04. The van der Waals surface area contributed by atoms with Gasteiger partial charge in [0.1, 0.15) is 12.1 Å². The van der Waals surface area contributed by atoms with Crippen molar-refractivity contribution in [3.05, 3.63) is 29.0 Å². The Morgan fingerprint density at radius 3 is 2.96 bits per heavy atom. The first-order chi connectivity index (χ1) is 11.6. The molecule has 1 aromatic carbocycles. The van der Waals surface area contributed by atoms with Gasteiger partial charge in [-0.25, -0.2) is 0 Å². The Morgan fingerprint density at radius 1 is 1.46 bits per heavy atom. The first-order valence-electron chi connectivity index (χ1n) is 7.71. The lowest BCUT2D eigenvalue weighted by Crippen LogP contribution is -2.47. The van der Waals surface area contributed by atoms with Crippen molar-refractivity contribution in [2.75, 3.05) is 27.2 Å². The van der Waals surface area contributed by atoms with Crippen molar-refractivity contribution in [3.8, 4) is 11.4 Å². The van der Waals surface area contributed by atoms with E-state index in [0.717, 1.165) is 19.4 Å². The number of likely N-dealkylation sites (tertiary alicyclic amines) is 1. The highest BCUT2D eigenvalue weighted by Crippen LogP contribution is 2.30. The van der Waals surface area contributed by atoms with Gasteiger partial charge in [-0.15, -0.1) is 5.10 Å². The molecule has 24 heavy (non-hydrogen) atoms. The number of nitrogens with zero attached hydrogens (tertiary/aromatic N) is 5. The van der Waals surface area contributed by atoms with Crippen LogP contribution in [-0.4, -0.2) is 64.3 Å². The summed E-state index contributed by atoms with van der Waals surface area (Å²) in [5.41, 5.74) is 0.998. The van der Waals surface area contributed by atoms with E-state index in [9.17, 15) is 4.79 Å². The Morgan fingerprint density at radius 2 is 2.29 bits per heavy atom. The largest absolute Gasteiger partial charge is 0.496 e. The van der Waals surface area contributed by atoms with Crippen molar-refractivity contribution < 1.29 is 9.53 Å². The minimum atomic E-state index is -0.0861. The molecular formula is C15H19ClN6O2. The summed E-state index contributed by atoms with van der Waals surface area (Å²) in [6.45, 7) is 1.40. The molecule has 2 heterocycles. The van der Waals surface area contributed by atoms with Crippen LogP contribution in [0.5, 0.6) is 5.75 Å². The van der Waals surface area contributed by atoms with Crippen LogP contribution in [0.1, 0.15) is 23.2 Å². The smallest absolute Gasteiger partial charge is 0.257 e. The predicted octanol–water partition coefficient (Wildman–Crippen LogP) is 1.15. The molecule has 0 saturated carbocycles. The molecule has 2 aromatic rings. The van der Waals surface area contributed by atoms with Crippen LogP contribution in [0.2, 0.25) is 5.02 Å². The normalized spacial score (nSPS) is 17.8. The van der Waals surface area contributed by atoms with E-state index in [-0.39, 0.29) is 5.91 Å². The van der Waals surface area contributed by atoms with Crippen molar-refractivity contribution in [2.24, 2.45) is 0 Å². The SMILES string of the molecule is CNC1CCCN(C(=O)c2cc(Cl)c(-n3cnnn3)cc2OC)C1. The summed E-state index contributed by atoms with van der Waals surface area (Å²) in [5, 5.41) is 14.6. The maximum absolute atomic E-state index is 12.9. The van der Waals surface area contributed by atoms with E-state index in [1.807, 2.05) is 11.9 Å². The summed E-state index contributed by atoms with van der Waals surface area (Å²) >= 11 is 6.33. The van der Waals surface area contributed by atoms with Crippen LogP contribution in [0.15, 0.2) is 18.5 Å². The fourth-order valence-electron chi connectivity index (χ4n) is 2.89. The molecule has 8 nitrogen and oxygen atoms in total. The van der Waals surface area contributed by atoms with Gasteiger partial charge >= 0.3 is 0 Å². The summed E-state index contributed by atoms with van der Waals surface area (Å²) in [7, 11) is 3.44. The van der Waals surface area contributed by atoms with Crippen molar-refractivity contribution in [3.63, 3.8) is 0 Å². The van der Waals surface area contributed by atoms with E-state index in [0.29, 0.717) is 34.6 Å². The molecule has 1 aliphatic rings. The molecule has 1 unspecified atom stereocenters. The third-order valence-electron chi connectivity index (χ3n) is 4.21. The standard InChI is InChI=1S/C15H19ClN6O2/c1-17-10-4-3-5-21(8-10)15(23)11-6-12(16)13(7-14(11)24-2)22-9-18-19-20-22/h6-7,9-10,17H,3-5,8H2,1-2H3. The Hall–Kier alpha value is -2.19. The molecule has 128 valence electrons. The zero-order valence-corrected chi connectivity index (χ0v) is 14.3.